The Balaban J connectivity index is 3.45. The summed E-state index contributed by atoms with van der Waals surface area (Å²) in [5, 5.41) is 0. The maximum atomic E-state index is 10.8. The van der Waals surface area contributed by atoms with E-state index in [4.69, 9.17) is 0 Å². The van der Waals surface area contributed by atoms with Crippen molar-refractivity contribution < 1.29 is 4.79 Å². The highest BCUT2D eigenvalue weighted by molar-refractivity contribution is 5.75. The predicted molar refractivity (Wildman–Crippen MR) is 80.8 cm³/mol. The third kappa shape index (κ3) is 11.9. The van der Waals surface area contributed by atoms with Crippen molar-refractivity contribution in [1.82, 2.24) is 0 Å². The highest BCUT2D eigenvalue weighted by Gasteiger charge is 2.00. The summed E-state index contributed by atoms with van der Waals surface area (Å²) in [4.78, 5) is 10.8. The first-order valence-corrected chi connectivity index (χ1v) is 7.71. The van der Waals surface area contributed by atoms with Crippen LogP contribution in [0.15, 0.2) is 11.6 Å². The van der Waals surface area contributed by atoms with E-state index >= 15 is 0 Å². The van der Waals surface area contributed by atoms with E-state index in [1.165, 1.54) is 50.5 Å². The van der Waals surface area contributed by atoms with Crippen molar-refractivity contribution in [1.29, 1.82) is 0 Å². The standard InChI is InChI=1S/C17H32O/c1-5-10-15(2)11-7-6-8-12-16(3)13-9-14-17(4)18/h13,15H,5-12,14H2,1-4H3. The number of rotatable bonds is 11. The van der Waals surface area contributed by atoms with Gasteiger partial charge in [0.1, 0.15) is 5.78 Å². The van der Waals surface area contributed by atoms with Crippen LogP contribution in [-0.2, 0) is 4.79 Å². The summed E-state index contributed by atoms with van der Waals surface area (Å²) in [7, 11) is 0. The van der Waals surface area contributed by atoms with E-state index in [0.717, 1.165) is 12.3 Å². The van der Waals surface area contributed by atoms with Gasteiger partial charge in [-0.25, -0.2) is 0 Å². The van der Waals surface area contributed by atoms with Crippen LogP contribution in [0.3, 0.4) is 0 Å². The minimum atomic E-state index is 0.295. The molecule has 0 aliphatic heterocycles. The van der Waals surface area contributed by atoms with Gasteiger partial charge in [-0.05, 0) is 39.0 Å². The Hall–Kier alpha value is -0.590. The SMILES string of the molecule is CCCC(C)CCCCCC(C)=CCCC(C)=O. The van der Waals surface area contributed by atoms with Crippen LogP contribution in [0.1, 0.15) is 85.5 Å². The fraction of sp³-hybridized carbons (Fsp3) is 0.824. The number of hydrogen-bond donors (Lipinski definition) is 0. The van der Waals surface area contributed by atoms with E-state index in [9.17, 15) is 4.79 Å². The second-order valence-electron chi connectivity index (χ2n) is 5.78. The summed E-state index contributed by atoms with van der Waals surface area (Å²) < 4.78 is 0. The predicted octanol–water partition coefficient (Wildman–Crippen LogP) is 5.69. The summed E-state index contributed by atoms with van der Waals surface area (Å²) in [5.74, 6) is 1.20. The van der Waals surface area contributed by atoms with E-state index in [2.05, 4.69) is 26.8 Å². The van der Waals surface area contributed by atoms with Gasteiger partial charge in [-0.1, -0.05) is 57.6 Å². The summed E-state index contributed by atoms with van der Waals surface area (Å²) in [5.41, 5.74) is 1.46. The molecule has 0 saturated carbocycles. The first-order chi connectivity index (χ1) is 8.56. The quantitative estimate of drug-likeness (QED) is 0.341. The summed E-state index contributed by atoms with van der Waals surface area (Å²) in [6.07, 6.45) is 13.2. The molecule has 106 valence electrons. The Morgan fingerprint density at radius 1 is 1.06 bits per heavy atom. The van der Waals surface area contributed by atoms with E-state index in [-0.39, 0.29) is 0 Å². The average Bonchev–Trinajstić information content (AvgIpc) is 2.28. The Labute approximate surface area is 114 Å². The highest BCUT2D eigenvalue weighted by Crippen LogP contribution is 2.16. The molecule has 0 bridgehead atoms. The number of hydrogen-bond acceptors (Lipinski definition) is 1. The van der Waals surface area contributed by atoms with E-state index in [0.29, 0.717) is 12.2 Å². The molecule has 0 heterocycles. The normalized spacial score (nSPS) is 13.7. The zero-order chi connectivity index (χ0) is 13.8. The number of unbranched alkanes of at least 4 members (excludes halogenated alkanes) is 2. The van der Waals surface area contributed by atoms with Crippen LogP contribution < -0.4 is 0 Å². The molecular weight excluding hydrogens is 220 g/mol. The van der Waals surface area contributed by atoms with Crippen LogP contribution in [0.25, 0.3) is 0 Å². The van der Waals surface area contributed by atoms with Crippen molar-refractivity contribution in [3.05, 3.63) is 11.6 Å². The van der Waals surface area contributed by atoms with Gasteiger partial charge in [-0.15, -0.1) is 0 Å². The van der Waals surface area contributed by atoms with Gasteiger partial charge in [-0.2, -0.15) is 0 Å². The third-order valence-corrected chi connectivity index (χ3v) is 3.54. The molecule has 0 fully saturated rings. The molecule has 0 amide bonds. The van der Waals surface area contributed by atoms with Crippen LogP contribution in [-0.4, -0.2) is 5.78 Å². The molecule has 1 heteroatoms. The Morgan fingerprint density at radius 2 is 1.78 bits per heavy atom. The molecule has 0 radical (unpaired) electrons. The van der Waals surface area contributed by atoms with Gasteiger partial charge >= 0.3 is 0 Å². The van der Waals surface area contributed by atoms with Crippen molar-refractivity contribution in [2.75, 3.05) is 0 Å². The average molecular weight is 252 g/mol. The molecule has 18 heavy (non-hydrogen) atoms. The number of Topliss-reactive ketones (excluding diaryl/α,β-unsaturated/α-hetero) is 1. The van der Waals surface area contributed by atoms with Gasteiger partial charge in [0.25, 0.3) is 0 Å². The first-order valence-electron chi connectivity index (χ1n) is 7.71. The molecule has 1 unspecified atom stereocenters. The molecule has 1 atom stereocenters. The van der Waals surface area contributed by atoms with Gasteiger partial charge in [0, 0.05) is 6.42 Å². The topological polar surface area (TPSA) is 17.1 Å². The van der Waals surface area contributed by atoms with Crippen LogP contribution in [0.5, 0.6) is 0 Å². The van der Waals surface area contributed by atoms with Crippen molar-refractivity contribution in [2.45, 2.75) is 85.5 Å². The molecule has 0 aromatic heterocycles. The third-order valence-electron chi connectivity index (χ3n) is 3.54. The second kappa shape index (κ2) is 11.5. The molecule has 0 saturated heterocycles. The summed E-state index contributed by atoms with van der Waals surface area (Å²) >= 11 is 0. The number of ketones is 1. The van der Waals surface area contributed by atoms with Crippen molar-refractivity contribution in [3.8, 4) is 0 Å². The molecule has 0 rings (SSSR count). The van der Waals surface area contributed by atoms with Gasteiger partial charge in [-0.3, -0.25) is 0 Å². The number of carbonyl (C=O) groups excluding carboxylic acids is 1. The lowest BCUT2D eigenvalue weighted by molar-refractivity contribution is -0.116. The molecule has 0 aliphatic carbocycles. The van der Waals surface area contributed by atoms with Gasteiger partial charge in [0.2, 0.25) is 0 Å². The van der Waals surface area contributed by atoms with Crippen molar-refractivity contribution in [2.24, 2.45) is 5.92 Å². The maximum Gasteiger partial charge on any atom is 0.130 e. The Morgan fingerprint density at radius 3 is 2.39 bits per heavy atom. The number of allylic oxidation sites excluding steroid dienone is 2. The van der Waals surface area contributed by atoms with Crippen molar-refractivity contribution in [3.63, 3.8) is 0 Å². The Bertz CT molecular complexity index is 240. The van der Waals surface area contributed by atoms with E-state index < -0.39 is 0 Å². The lowest BCUT2D eigenvalue weighted by Crippen LogP contribution is -1.93. The molecular formula is C17H32O. The van der Waals surface area contributed by atoms with Crippen molar-refractivity contribution >= 4 is 5.78 Å². The molecule has 0 N–H and O–H groups in total. The molecule has 0 aromatic rings. The lowest BCUT2D eigenvalue weighted by Gasteiger charge is -2.09. The summed E-state index contributed by atoms with van der Waals surface area (Å²) in [6.45, 7) is 8.50. The fourth-order valence-corrected chi connectivity index (χ4v) is 2.33. The monoisotopic (exact) mass is 252 g/mol. The second-order valence-corrected chi connectivity index (χ2v) is 5.78. The number of carbonyl (C=O) groups is 1. The van der Waals surface area contributed by atoms with E-state index in [1.807, 2.05) is 0 Å². The lowest BCUT2D eigenvalue weighted by atomic mass is 9.97. The largest absolute Gasteiger partial charge is 0.300 e. The molecule has 0 aromatic carbocycles. The maximum absolute atomic E-state index is 10.8. The summed E-state index contributed by atoms with van der Waals surface area (Å²) in [6, 6.07) is 0. The van der Waals surface area contributed by atoms with Crippen LogP contribution >= 0.6 is 0 Å². The smallest absolute Gasteiger partial charge is 0.130 e. The first kappa shape index (κ1) is 17.4. The van der Waals surface area contributed by atoms with Gasteiger partial charge < -0.3 is 4.79 Å². The van der Waals surface area contributed by atoms with Crippen LogP contribution in [0.2, 0.25) is 0 Å². The zero-order valence-electron chi connectivity index (χ0n) is 12.9. The van der Waals surface area contributed by atoms with Crippen LogP contribution in [0, 0.1) is 5.92 Å². The van der Waals surface area contributed by atoms with Gasteiger partial charge in [0.15, 0.2) is 0 Å². The van der Waals surface area contributed by atoms with Gasteiger partial charge in [0.05, 0.1) is 0 Å². The molecule has 0 aliphatic rings. The molecule has 1 nitrogen and oxygen atoms in total. The Kier molecular flexibility index (Phi) is 11.1. The minimum Gasteiger partial charge on any atom is -0.300 e. The zero-order valence-corrected chi connectivity index (χ0v) is 12.9. The highest BCUT2D eigenvalue weighted by atomic mass is 16.1. The fourth-order valence-electron chi connectivity index (χ4n) is 2.33. The van der Waals surface area contributed by atoms with Crippen LogP contribution in [0.4, 0.5) is 0 Å². The molecule has 0 spiro atoms. The minimum absolute atomic E-state index is 0.295. The van der Waals surface area contributed by atoms with E-state index in [1.54, 1.807) is 6.92 Å².